The normalized spacial score (nSPS) is 24.1. The van der Waals surface area contributed by atoms with Crippen LogP contribution < -0.4 is 0 Å². The number of esters is 1. The summed E-state index contributed by atoms with van der Waals surface area (Å²) in [4.78, 5) is 24.3. The molecule has 5 nitrogen and oxygen atoms in total. The fourth-order valence-electron chi connectivity index (χ4n) is 2.23. The molecular formula is C21H29ClO5. The first-order valence-corrected chi connectivity index (χ1v) is 9.17. The van der Waals surface area contributed by atoms with E-state index in [1.54, 1.807) is 13.0 Å². The van der Waals surface area contributed by atoms with Crippen LogP contribution in [0.1, 0.15) is 39.5 Å². The molecule has 1 heterocycles. The summed E-state index contributed by atoms with van der Waals surface area (Å²) in [5.41, 5.74) is 0.209. The number of aliphatic hydroxyl groups excluding tert-OH is 2. The predicted molar refractivity (Wildman–Crippen MR) is 109 cm³/mol. The van der Waals surface area contributed by atoms with Gasteiger partial charge in [0, 0.05) is 19.2 Å². The number of carbonyl (C=O) groups excluding carboxylic acids is 2. The first-order valence-electron chi connectivity index (χ1n) is 8.42. The highest BCUT2D eigenvalue weighted by Crippen LogP contribution is 2.21. The molecule has 0 aromatic rings. The Bertz CT molecular complexity index is 593. The lowest BCUT2D eigenvalue weighted by atomic mass is 9.98. The minimum atomic E-state index is -0.695. The molecule has 0 aromatic heterocycles. The van der Waals surface area contributed by atoms with Gasteiger partial charge >= 0.3 is 5.97 Å². The highest BCUT2D eigenvalue weighted by molar-refractivity contribution is 6.15. The molecule has 0 bridgehead atoms. The molecule has 0 aromatic carbocycles. The monoisotopic (exact) mass is 396 g/mol. The van der Waals surface area contributed by atoms with Crippen molar-refractivity contribution in [3.8, 4) is 12.8 Å². The van der Waals surface area contributed by atoms with E-state index in [1.807, 2.05) is 12.2 Å². The molecular weight excluding hydrogens is 368 g/mol. The Morgan fingerprint density at radius 3 is 2.41 bits per heavy atom. The van der Waals surface area contributed by atoms with Crippen LogP contribution in [0, 0.1) is 12.8 Å². The number of halogens is 1. The van der Waals surface area contributed by atoms with Gasteiger partial charge in [-0.2, -0.15) is 0 Å². The zero-order valence-electron chi connectivity index (χ0n) is 16.2. The number of allylic oxidation sites excluding steroid dienone is 4. The molecule has 150 valence electrons. The molecule has 6 heteroatoms. The van der Waals surface area contributed by atoms with Crippen molar-refractivity contribution in [2.24, 2.45) is 0 Å². The maximum Gasteiger partial charge on any atom is 0.342 e. The lowest BCUT2D eigenvalue weighted by Crippen LogP contribution is -2.19. The van der Waals surface area contributed by atoms with Gasteiger partial charge in [-0.05, 0) is 38.3 Å². The third-order valence-electron chi connectivity index (χ3n) is 3.34. The van der Waals surface area contributed by atoms with Gasteiger partial charge in [-0.3, -0.25) is 4.79 Å². The molecule has 0 saturated heterocycles. The van der Waals surface area contributed by atoms with Crippen LogP contribution >= 0.6 is 11.6 Å². The van der Waals surface area contributed by atoms with Crippen LogP contribution in [0.15, 0.2) is 47.3 Å². The summed E-state index contributed by atoms with van der Waals surface area (Å²) in [6.45, 7) is 2.78. The average molecular weight is 397 g/mol. The van der Waals surface area contributed by atoms with Gasteiger partial charge in [0.1, 0.15) is 17.4 Å². The summed E-state index contributed by atoms with van der Waals surface area (Å²) in [5, 5.41) is 19.0. The van der Waals surface area contributed by atoms with Crippen LogP contribution in [0.4, 0.5) is 0 Å². The summed E-state index contributed by atoms with van der Waals surface area (Å²) in [6, 6.07) is 0. The maximum absolute atomic E-state index is 12.3. The van der Waals surface area contributed by atoms with Crippen molar-refractivity contribution in [2.45, 2.75) is 45.6 Å². The molecule has 27 heavy (non-hydrogen) atoms. The van der Waals surface area contributed by atoms with Crippen LogP contribution in [-0.2, 0) is 14.3 Å². The summed E-state index contributed by atoms with van der Waals surface area (Å²) >= 11 is 4.64. The molecule has 0 aliphatic carbocycles. The van der Waals surface area contributed by atoms with Gasteiger partial charge in [-0.25, -0.2) is 4.79 Å². The molecule has 0 spiro atoms. The molecule has 1 aliphatic rings. The van der Waals surface area contributed by atoms with Crippen molar-refractivity contribution >= 4 is 23.4 Å². The van der Waals surface area contributed by atoms with Crippen LogP contribution in [0.25, 0.3) is 0 Å². The molecule has 1 atom stereocenters. The number of rotatable bonds is 1. The van der Waals surface area contributed by atoms with Crippen molar-refractivity contribution in [3.63, 3.8) is 0 Å². The summed E-state index contributed by atoms with van der Waals surface area (Å²) in [5.74, 6) is -1.13. The maximum atomic E-state index is 12.3. The highest BCUT2D eigenvalue weighted by atomic mass is 35.5. The molecule has 0 saturated carbocycles. The van der Waals surface area contributed by atoms with E-state index >= 15 is 0 Å². The number of aliphatic hydroxyl groups is 2. The van der Waals surface area contributed by atoms with Gasteiger partial charge in [0.2, 0.25) is 0 Å². The van der Waals surface area contributed by atoms with E-state index in [0.717, 1.165) is 12.8 Å². The topological polar surface area (TPSA) is 83.8 Å². The Morgan fingerprint density at radius 1 is 1.26 bits per heavy atom. The van der Waals surface area contributed by atoms with Crippen LogP contribution in [0.2, 0.25) is 0 Å². The molecule has 0 fully saturated rings. The largest absolute Gasteiger partial charge is 0.512 e. The first-order chi connectivity index (χ1) is 13.0. The lowest BCUT2D eigenvalue weighted by Gasteiger charge is -2.16. The van der Waals surface area contributed by atoms with Gasteiger partial charge in [-0.1, -0.05) is 24.3 Å². The first kappa shape index (κ1) is 26.9. The van der Waals surface area contributed by atoms with Crippen LogP contribution in [0.3, 0.4) is 0 Å². The Morgan fingerprint density at radius 2 is 1.85 bits per heavy atom. The molecule has 0 radical (unpaired) electrons. The summed E-state index contributed by atoms with van der Waals surface area (Å²) < 4.78 is 5.32. The van der Waals surface area contributed by atoms with E-state index in [0.29, 0.717) is 6.42 Å². The van der Waals surface area contributed by atoms with E-state index in [2.05, 4.69) is 24.4 Å². The number of ether oxygens (including phenoxy) is 1. The third kappa shape index (κ3) is 11.8. The minimum absolute atomic E-state index is 0.0614. The standard InChI is InChI=1S/C18H24O5.C2H2.CH3Cl/c1-13-8-6-4-3-5-7-9-16(21)12-15(10-11-19)17(14(2)20)18(22)23-13;2*1-2/h4,6-7,9-10,13,19-20H,3,5,8,11-12H2,1-2H3;1-2H;1H3/b6-4+,9-7+,15-10-,17-14-;;/t13-;;/m1../s1. The number of hydrogen-bond acceptors (Lipinski definition) is 5. The van der Waals surface area contributed by atoms with Gasteiger partial charge in [0.05, 0.1) is 6.61 Å². The molecule has 1 rings (SSSR count). The summed E-state index contributed by atoms with van der Waals surface area (Å²) in [6.07, 6.45) is 19.7. The minimum Gasteiger partial charge on any atom is -0.512 e. The Kier molecular flexibility index (Phi) is 17.1. The highest BCUT2D eigenvalue weighted by Gasteiger charge is 2.22. The second-order valence-corrected chi connectivity index (χ2v) is 5.42. The van der Waals surface area contributed by atoms with E-state index in [4.69, 9.17) is 9.84 Å². The molecule has 1 aliphatic heterocycles. The van der Waals surface area contributed by atoms with Gasteiger partial charge in [0.15, 0.2) is 5.78 Å². The van der Waals surface area contributed by atoms with Gasteiger partial charge in [0.25, 0.3) is 0 Å². The fourth-order valence-corrected chi connectivity index (χ4v) is 2.23. The van der Waals surface area contributed by atoms with Gasteiger partial charge in [-0.15, -0.1) is 24.4 Å². The lowest BCUT2D eigenvalue weighted by molar-refractivity contribution is -0.143. The summed E-state index contributed by atoms with van der Waals surface area (Å²) in [7, 11) is 0. The van der Waals surface area contributed by atoms with Crippen molar-refractivity contribution in [1.29, 1.82) is 0 Å². The van der Waals surface area contributed by atoms with Crippen molar-refractivity contribution in [3.05, 3.63) is 47.3 Å². The Balaban J connectivity index is 0. The van der Waals surface area contributed by atoms with E-state index < -0.39 is 5.97 Å². The number of ketones is 1. The fraction of sp³-hybridized carbons (Fsp3) is 0.429. The number of terminal acetylenes is 1. The van der Waals surface area contributed by atoms with E-state index in [9.17, 15) is 14.7 Å². The van der Waals surface area contributed by atoms with E-state index in [-0.39, 0.29) is 41.8 Å². The zero-order chi connectivity index (χ0) is 21.2. The smallest absolute Gasteiger partial charge is 0.342 e. The number of cyclic esters (lactones) is 1. The number of alkyl halides is 1. The third-order valence-corrected chi connectivity index (χ3v) is 3.34. The molecule has 2 N–H and O–H groups in total. The van der Waals surface area contributed by atoms with E-state index in [1.165, 1.54) is 25.5 Å². The number of hydrogen-bond donors (Lipinski definition) is 2. The predicted octanol–water partition coefficient (Wildman–Crippen LogP) is 4.03. The average Bonchev–Trinajstić information content (AvgIpc) is 2.63. The van der Waals surface area contributed by atoms with Crippen molar-refractivity contribution in [1.82, 2.24) is 0 Å². The second-order valence-electron chi connectivity index (χ2n) is 5.42. The quantitative estimate of drug-likeness (QED) is 0.174. The van der Waals surface area contributed by atoms with Crippen LogP contribution in [-0.4, -0.2) is 41.1 Å². The zero-order valence-corrected chi connectivity index (χ0v) is 16.9. The second kappa shape index (κ2) is 17.1. The van der Waals surface area contributed by atoms with Crippen molar-refractivity contribution < 1.29 is 24.5 Å². The van der Waals surface area contributed by atoms with Crippen molar-refractivity contribution in [2.75, 3.05) is 13.0 Å². The molecule has 0 unspecified atom stereocenters. The van der Waals surface area contributed by atoms with Gasteiger partial charge < -0.3 is 14.9 Å². The Hall–Kier alpha value is -2.29. The number of carbonyl (C=O) groups is 2. The SMILES string of the molecule is C#C.C/C(O)=C1/C(=O)O[C@H](C)C/C=C/CC/C=C/C(=O)C/C1=C/CO.CCl. The molecule has 0 amide bonds. The Labute approximate surface area is 167 Å². The van der Waals surface area contributed by atoms with Crippen LogP contribution in [0.5, 0.6) is 0 Å².